The smallest absolute Gasteiger partial charge is 0.335 e. The number of amides is 1. The average molecular weight is 455 g/mol. The number of carbonyl (C=O) groups is 2. The van der Waals surface area contributed by atoms with Crippen molar-refractivity contribution in [2.24, 2.45) is 0 Å². The van der Waals surface area contributed by atoms with E-state index in [1.807, 2.05) is 53.2 Å². The van der Waals surface area contributed by atoms with Crippen LogP contribution in [-0.4, -0.2) is 34.8 Å². The Morgan fingerprint density at radius 3 is 2.62 bits per heavy atom. The fourth-order valence-corrected chi connectivity index (χ4v) is 4.63. The van der Waals surface area contributed by atoms with Gasteiger partial charge in [-0.1, -0.05) is 42.5 Å². The van der Waals surface area contributed by atoms with Crippen LogP contribution in [0, 0.1) is 0 Å². The summed E-state index contributed by atoms with van der Waals surface area (Å²) in [5.74, 6) is -1.15. The first-order chi connectivity index (χ1) is 16.6. The topological polar surface area (TPSA) is 80.6 Å². The highest BCUT2D eigenvalue weighted by atomic mass is 16.5. The van der Waals surface area contributed by atoms with Crippen molar-refractivity contribution in [1.29, 1.82) is 0 Å². The predicted molar refractivity (Wildman–Crippen MR) is 132 cm³/mol. The maximum Gasteiger partial charge on any atom is 0.335 e. The Balaban J connectivity index is 1.25. The third-order valence-corrected chi connectivity index (χ3v) is 6.31. The molecule has 1 heterocycles. The van der Waals surface area contributed by atoms with Gasteiger partial charge in [0.1, 0.15) is 6.61 Å². The van der Waals surface area contributed by atoms with Crippen molar-refractivity contribution in [2.45, 2.75) is 25.8 Å². The zero-order chi connectivity index (χ0) is 23.5. The number of benzene rings is 3. The molecular formula is C28H26N2O4. The molecule has 172 valence electrons. The molecule has 4 aromatic rings. The minimum Gasteiger partial charge on any atom is -0.478 e. The molecule has 0 atom stereocenters. The third kappa shape index (κ3) is 4.58. The summed E-state index contributed by atoms with van der Waals surface area (Å²) in [6, 6.07) is 21.2. The molecule has 6 nitrogen and oxygen atoms in total. The first-order valence-electron chi connectivity index (χ1n) is 11.5. The number of hydrogen-bond acceptors (Lipinski definition) is 3. The first-order valence-corrected chi connectivity index (χ1v) is 11.5. The van der Waals surface area contributed by atoms with Crippen molar-refractivity contribution in [1.82, 2.24) is 4.57 Å². The van der Waals surface area contributed by atoms with Crippen molar-refractivity contribution in [3.8, 4) is 11.1 Å². The zero-order valence-corrected chi connectivity index (χ0v) is 18.8. The van der Waals surface area contributed by atoms with Crippen LogP contribution in [0.5, 0.6) is 0 Å². The number of carboxylic acid groups (broad SMARTS) is 1. The molecule has 0 saturated heterocycles. The van der Waals surface area contributed by atoms with E-state index in [0.29, 0.717) is 13.2 Å². The summed E-state index contributed by atoms with van der Waals surface area (Å²) in [5, 5.41) is 13.3. The number of aromatic carboxylic acids is 1. The number of nitrogens with one attached hydrogen (secondary N) is 1. The van der Waals surface area contributed by atoms with Crippen LogP contribution < -0.4 is 5.32 Å². The van der Waals surface area contributed by atoms with Crippen LogP contribution in [0.2, 0.25) is 0 Å². The molecule has 0 aliphatic heterocycles. The van der Waals surface area contributed by atoms with Gasteiger partial charge in [-0.15, -0.1) is 0 Å². The van der Waals surface area contributed by atoms with Crippen molar-refractivity contribution in [3.05, 3.63) is 89.6 Å². The van der Waals surface area contributed by atoms with Crippen LogP contribution in [0.1, 0.15) is 27.9 Å². The fourth-order valence-electron chi connectivity index (χ4n) is 4.63. The van der Waals surface area contributed by atoms with Crippen molar-refractivity contribution in [2.75, 3.05) is 18.5 Å². The fraction of sp³-hybridized carbons (Fsp3) is 0.214. The Morgan fingerprint density at radius 2 is 1.79 bits per heavy atom. The van der Waals surface area contributed by atoms with E-state index in [4.69, 9.17) is 4.74 Å². The summed E-state index contributed by atoms with van der Waals surface area (Å²) in [7, 11) is 0. The van der Waals surface area contributed by atoms with E-state index >= 15 is 0 Å². The highest BCUT2D eigenvalue weighted by Gasteiger charge is 2.14. The number of ether oxygens (including phenoxy) is 1. The summed E-state index contributed by atoms with van der Waals surface area (Å²) in [6.07, 6.45) is 5.36. The lowest BCUT2D eigenvalue weighted by Crippen LogP contribution is -2.19. The summed E-state index contributed by atoms with van der Waals surface area (Å²) < 4.78 is 7.65. The second kappa shape index (κ2) is 9.53. The van der Waals surface area contributed by atoms with E-state index < -0.39 is 5.97 Å². The molecule has 1 aliphatic rings. The van der Waals surface area contributed by atoms with Crippen LogP contribution >= 0.6 is 0 Å². The van der Waals surface area contributed by atoms with Gasteiger partial charge in [-0.3, -0.25) is 4.79 Å². The molecule has 5 rings (SSSR count). The van der Waals surface area contributed by atoms with Crippen molar-refractivity contribution < 1.29 is 19.4 Å². The van der Waals surface area contributed by atoms with Crippen molar-refractivity contribution in [3.63, 3.8) is 0 Å². The summed E-state index contributed by atoms with van der Waals surface area (Å²) >= 11 is 0. The van der Waals surface area contributed by atoms with E-state index in [2.05, 4.69) is 17.4 Å². The Hall–Kier alpha value is -3.90. The maximum atomic E-state index is 12.3. The van der Waals surface area contributed by atoms with Crippen molar-refractivity contribution >= 4 is 28.5 Å². The quantitative estimate of drug-likeness (QED) is 0.361. The number of anilines is 1. The first kappa shape index (κ1) is 21.9. The predicted octanol–water partition coefficient (Wildman–Crippen LogP) is 5.15. The molecule has 6 heteroatoms. The summed E-state index contributed by atoms with van der Waals surface area (Å²) in [5.41, 5.74) is 6.64. The van der Waals surface area contributed by atoms with Gasteiger partial charge in [-0.25, -0.2) is 4.79 Å². The van der Waals surface area contributed by atoms with Gasteiger partial charge in [0.15, 0.2) is 0 Å². The van der Waals surface area contributed by atoms with Gasteiger partial charge in [-0.05, 0) is 60.2 Å². The largest absolute Gasteiger partial charge is 0.478 e. The molecule has 1 amide bonds. The minimum absolute atomic E-state index is 0.0395. The number of fused-ring (bicyclic) bond motifs is 2. The number of carboxylic acids is 1. The summed E-state index contributed by atoms with van der Waals surface area (Å²) in [6.45, 7) is 0.785. The molecule has 0 fully saturated rings. The molecule has 0 bridgehead atoms. The van der Waals surface area contributed by atoms with Gasteiger partial charge < -0.3 is 19.7 Å². The van der Waals surface area contributed by atoms with Gasteiger partial charge in [-0.2, -0.15) is 0 Å². The van der Waals surface area contributed by atoms with Gasteiger partial charge >= 0.3 is 5.97 Å². The standard InChI is InChI=1S/C28H26N2O4/c31-27(29-23-11-9-19-7-4-8-21(19)15-23)18-34-14-13-30-17-25(20-5-2-1-3-6-20)24-12-10-22(28(32)33)16-26(24)30/h1-3,5-6,9-12,15-17H,4,7-8,13-14,18H2,(H,29,31)(H,32,33). The summed E-state index contributed by atoms with van der Waals surface area (Å²) in [4.78, 5) is 23.8. The lowest BCUT2D eigenvalue weighted by atomic mass is 10.0. The van der Waals surface area contributed by atoms with Crippen LogP contribution in [-0.2, 0) is 28.9 Å². The highest BCUT2D eigenvalue weighted by Crippen LogP contribution is 2.31. The SMILES string of the molecule is O=C(COCCn1cc(-c2ccccc2)c2ccc(C(=O)O)cc21)Nc1ccc2c(c1)CCC2. The second-order valence-electron chi connectivity index (χ2n) is 8.58. The second-order valence-corrected chi connectivity index (χ2v) is 8.58. The third-order valence-electron chi connectivity index (χ3n) is 6.31. The molecule has 2 N–H and O–H groups in total. The number of rotatable bonds is 8. The lowest BCUT2D eigenvalue weighted by Gasteiger charge is -2.09. The average Bonchev–Trinajstić information content (AvgIpc) is 3.46. The Bertz CT molecular complexity index is 1360. The van der Waals surface area contributed by atoms with Gasteiger partial charge in [0.25, 0.3) is 0 Å². The molecule has 3 aromatic carbocycles. The maximum absolute atomic E-state index is 12.3. The number of hydrogen-bond donors (Lipinski definition) is 2. The lowest BCUT2D eigenvalue weighted by molar-refractivity contribution is -0.120. The molecule has 0 spiro atoms. The number of nitrogens with zero attached hydrogens (tertiary/aromatic N) is 1. The Labute approximate surface area is 197 Å². The van der Waals surface area contributed by atoms with E-state index in [1.54, 1.807) is 12.1 Å². The molecule has 1 aromatic heterocycles. The highest BCUT2D eigenvalue weighted by molar-refractivity contribution is 6.00. The Kier molecular flexibility index (Phi) is 6.14. The normalized spacial score (nSPS) is 12.6. The zero-order valence-electron chi connectivity index (χ0n) is 18.8. The van der Waals surface area contributed by atoms with Gasteiger partial charge in [0.05, 0.1) is 12.2 Å². The van der Waals surface area contributed by atoms with Crippen LogP contribution in [0.3, 0.4) is 0 Å². The molecule has 1 aliphatic carbocycles. The minimum atomic E-state index is -0.963. The molecule has 0 saturated carbocycles. The van der Waals surface area contributed by atoms with Crippen LogP contribution in [0.4, 0.5) is 5.69 Å². The number of aromatic nitrogens is 1. The monoisotopic (exact) mass is 454 g/mol. The number of carbonyl (C=O) groups excluding carboxylic acids is 1. The van der Waals surface area contributed by atoms with E-state index in [9.17, 15) is 14.7 Å². The molecular weight excluding hydrogens is 428 g/mol. The number of aryl methyl sites for hydroxylation is 2. The molecule has 34 heavy (non-hydrogen) atoms. The molecule has 0 radical (unpaired) electrons. The van der Waals surface area contributed by atoms with Crippen LogP contribution in [0.25, 0.3) is 22.0 Å². The van der Waals surface area contributed by atoms with Gasteiger partial charge in [0.2, 0.25) is 5.91 Å². The molecule has 0 unspecified atom stereocenters. The Morgan fingerprint density at radius 1 is 0.971 bits per heavy atom. The van der Waals surface area contributed by atoms with Gasteiger partial charge in [0, 0.05) is 34.9 Å². The van der Waals surface area contributed by atoms with E-state index in [1.165, 1.54) is 17.5 Å². The van der Waals surface area contributed by atoms with Crippen LogP contribution in [0.15, 0.2) is 72.9 Å². The van der Waals surface area contributed by atoms with E-state index in [-0.39, 0.29) is 18.1 Å². The van der Waals surface area contributed by atoms with E-state index in [0.717, 1.165) is 40.6 Å².